The maximum absolute atomic E-state index is 12.2. The first kappa shape index (κ1) is 24.5. The van der Waals surface area contributed by atoms with Crippen LogP contribution in [0.1, 0.15) is 53.2 Å². The number of benzene rings is 2. The van der Waals surface area contributed by atoms with Gasteiger partial charge in [-0.2, -0.15) is 0 Å². The van der Waals surface area contributed by atoms with Crippen molar-refractivity contribution in [2.75, 3.05) is 13.6 Å². The van der Waals surface area contributed by atoms with E-state index in [0.29, 0.717) is 17.7 Å². The number of carboxylic acids is 1. The molecule has 1 amide bonds. The van der Waals surface area contributed by atoms with Crippen LogP contribution in [-0.2, 0) is 11.3 Å². The molecule has 7 heteroatoms. The molecule has 7 nitrogen and oxygen atoms in total. The highest BCUT2D eigenvalue weighted by Crippen LogP contribution is 2.22. The lowest BCUT2D eigenvalue weighted by Crippen LogP contribution is -2.33. The van der Waals surface area contributed by atoms with Crippen LogP contribution in [0.5, 0.6) is 0 Å². The van der Waals surface area contributed by atoms with E-state index in [1.165, 1.54) is 25.7 Å². The monoisotopic (exact) mass is 426 g/mol. The normalized spacial score (nSPS) is 18.9. The number of carbonyl (C=O) groups is 2. The lowest BCUT2D eigenvalue weighted by molar-refractivity contribution is -0.139. The van der Waals surface area contributed by atoms with Crippen LogP contribution in [0.4, 0.5) is 0 Å². The van der Waals surface area contributed by atoms with Crippen molar-refractivity contribution in [3.63, 3.8) is 0 Å². The van der Waals surface area contributed by atoms with E-state index in [4.69, 9.17) is 11.5 Å². The van der Waals surface area contributed by atoms with E-state index < -0.39 is 17.9 Å². The second-order valence-electron chi connectivity index (χ2n) is 7.80. The molecule has 1 aliphatic rings. The number of hydrogen-bond donors (Lipinski definition) is 5. The van der Waals surface area contributed by atoms with Crippen LogP contribution in [0.3, 0.4) is 0 Å². The van der Waals surface area contributed by atoms with Crippen LogP contribution in [0.15, 0.2) is 54.6 Å². The van der Waals surface area contributed by atoms with E-state index >= 15 is 0 Å². The van der Waals surface area contributed by atoms with Gasteiger partial charge in [0.2, 0.25) is 0 Å². The van der Waals surface area contributed by atoms with Crippen molar-refractivity contribution in [3.05, 3.63) is 71.3 Å². The number of hydrogen-bond acceptors (Lipinski definition) is 5. The Bertz CT molecular complexity index is 809. The molecule has 0 spiro atoms. The molecule has 0 heterocycles. The third-order valence-electron chi connectivity index (χ3n) is 5.67. The standard InChI is InChI=1S/C16H16N2O3.C8H18N2/c17-10-11-5-4-8-13(9-11)15(19)18-14(16(20)21)12-6-2-1-3-7-12;1-10-8-4-2-7(6-9)3-5-8/h1-9,14H,10,17H2,(H,18,19)(H,20,21);7-8,10H,2-6,9H2,1H3/t14-;/m1./s1. The molecule has 0 aromatic heterocycles. The molecule has 0 bridgehead atoms. The predicted molar refractivity (Wildman–Crippen MR) is 122 cm³/mol. The Hall–Kier alpha value is -2.74. The molecule has 0 unspecified atom stereocenters. The van der Waals surface area contributed by atoms with Crippen molar-refractivity contribution in [1.82, 2.24) is 10.6 Å². The molecular formula is C24H34N4O3. The maximum atomic E-state index is 12.2. The third kappa shape index (κ3) is 7.79. The van der Waals surface area contributed by atoms with Gasteiger partial charge in [0.05, 0.1) is 0 Å². The summed E-state index contributed by atoms with van der Waals surface area (Å²) in [5.74, 6) is -0.740. The summed E-state index contributed by atoms with van der Waals surface area (Å²) in [6.07, 6.45) is 5.28. The minimum Gasteiger partial charge on any atom is -0.479 e. The van der Waals surface area contributed by atoms with Gasteiger partial charge < -0.3 is 27.2 Å². The van der Waals surface area contributed by atoms with E-state index in [1.54, 1.807) is 48.5 Å². The molecule has 7 N–H and O–H groups in total. The Labute approximate surface area is 184 Å². The van der Waals surface area contributed by atoms with Crippen LogP contribution in [-0.4, -0.2) is 36.6 Å². The summed E-state index contributed by atoms with van der Waals surface area (Å²) in [7, 11) is 2.05. The van der Waals surface area contributed by atoms with Crippen LogP contribution >= 0.6 is 0 Å². The number of carboxylic acid groups (broad SMARTS) is 1. The third-order valence-corrected chi connectivity index (χ3v) is 5.67. The molecule has 0 aliphatic heterocycles. The van der Waals surface area contributed by atoms with Crippen LogP contribution < -0.4 is 22.1 Å². The smallest absolute Gasteiger partial charge is 0.330 e. The highest BCUT2D eigenvalue weighted by Gasteiger charge is 2.22. The number of carbonyl (C=O) groups excluding carboxylic acids is 1. The van der Waals surface area contributed by atoms with Gasteiger partial charge in [0.25, 0.3) is 5.91 Å². The summed E-state index contributed by atoms with van der Waals surface area (Å²) in [6.45, 7) is 1.21. The van der Waals surface area contributed by atoms with Crippen molar-refractivity contribution in [1.29, 1.82) is 0 Å². The van der Waals surface area contributed by atoms with Crippen molar-refractivity contribution in [2.45, 2.75) is 44.3 Å². The van der Waals surface area contributed by atoms with Gasteiger partial charge in [0, 0.05) is 18.2 Å². The lowest BCUT2D eigenvalue weighted by Gasteiger charge is -2.26. The molecule has 2 aromatic carbocycles. The first-order chi connectivity index (χ1) is 15.0. The molecule has 0 saturated heterocycles. The molecule has 3 rings (SSSR count). The summed E-state index contributed by atoms with van der Waals surface area (Å²) in [5, 5.41) is 15.1. The molecule has 1 atom stereocenters. The van der Waals surface area contributed by atoms with Crippen LogP contribution in [0.2, 0.25) is 0 Å². The summed E-state index contributed by atoms with van der Waals surface area (Å²) in [5.41, 5.74) is 12.8. The minimum atomic E-state index is -1.11. The highest BCUT2D eigenvalue weighted by atomic mass is 16.4. The Morgan fingerprint density at radius 3 is 2.26 bits per heavy atom. The van der Waals surface area contributed by atoms with E-state index in [2.05, 4.69) is 10.6 Å². The zero-order chi connectivity index (χ0) is 22.6. The number of nitrogens with two attached hydrogens (primary N) is 2. The van der Waals surface area contributed by atoms with Gasteiger partial charge in [-0.1, -0.05) is 42.5 Å². The van der Waals surface area contributed by atoms with Crippen molar-refractivity contribution in [3.8, 4) is 0 Å². The van der Waals surface area contributed by atoms with Crippen LogP contribution in [0.25, 0.3) is 0 Å². The minimum absolute atomic E-state index is 0.322. The van der Waals surface area contributed by atoms with Gasteiger partial charge in [-0.15, -0.1) is 0 Å². The fourth-order valence-corrected chi connectivity index (χ4v) is 3.67. The van der Waals surface area contributed by atoms with Crippen LogP contribution in [0, 0.1) is 5.92 Å². The summed E-state index contributed by atoms with van der Waals surface area (Å²) >= 11 is 0. The fraction of sp³-hybridized carbons (Fsp3) is 0.417. The number of rotatable bonds is 7. The Kier molecular flexibility index (Phi) is 10.2. The average molecular weight is 427 g/mol. The molecule has 1 aliphatic carbocycles. The summed E-state index contributed by atoms with van der Waals surface area (Å²) in [4.78, 5) is 23.5. The highest BCUT2D eigenvalue weighted by molar-refractivity contribution is 5.97. The van der Waals surface area contributed by atoms with Gasteiger partial charge in [-0.3, -0.25) is 4.79 Å². The lowest BCUT2D eigenvalue weighted by atomic mass is 9.86. The van der Waals surface area contributed by atoms with E-state index in [-0.39, 0.29) is 0 Å². The maximum Gasteiger partial charge on any atom is 0.330 e. The second kappa shape index (κ2) is 12.8. The molecule has 1 fully saturated rings. The number of amides is 1. The summed E-state index contributed by atoms with van der Waals surface area (Å²) in [6, 6.07) is 15.1. The molecule has 168 valence electrons. The quantitative estimate of drug-likeness (QED) is 0.462. The second-order valence-corrected chi connectivity index (χ2v) is 7.80. The first-order valence-electron chi connectivity index (χ1n) is 10.7. The predicted octanol–water partition coefficient (Wildman–Crippen LogP) is 2.42. The zero-order valence-electron chi connectivity index (χ0n) is 18.1. The van der Waals surface area contributed by atoms with Gasteiger partial charge in [0.1, 0.15) is 0 Å². The molecule has 31 heavy (non-hydrogen) atoms. The van der Waals surface area contributed by atoms with Gasteiger partial charge >= 0.3 is 5.97 Å². The largest absolute Gasteiger partial charge is 0.479 e. The van der Waals surface area contributed by atoms with Gasteiger partial charge in [-0.05, 0) is 68.5 Å². The zero-order valence-corrected chi connectivity index (χ0v) is 18.1. The van der Waals surface area contributed by atoms with Crippen molar-refractivity contribution < 1.29 is 14.7 Å². The molecule has 1 saturated carbocycles. The Balaban J connectivity index is 0.000000285. The van der Waals surface area contributed by atoms with Gasteiger partial charge in [-0.25, -0.2) is 4.79 Å². The summed E-state index contributed by atoms with van der Waals surface area (Å²) < 4.78 is 0. The molecule has 0 radical (unpaired) electrons. The van der Waals surface area contributed by atoms with E-state index in [0.717, 1.165) is 24.1 Å². The number of aliphatic carboxylic acids is 1. The Morgan fingerprint density at radius 1 is 1.03 bits per heavy atom. The topological polar surface area (TPSA) is 130 Å². The first-order valence-corrected chi connectivity index (χ1v) is 10.7. The fourth-order valence-electron chi connectivity index (χ4n) is 3.67. The average Bonchev–Trinajstić information content (AvgIpc) is 2.83. The number of nitrogens with one attached hydrogen (secondary N) is 2. The van der Waals surface area contributed by atoms with Gasteiger partial charge in [0.15, 0.2) is 6.04 Å². The SMILES string of the molecule is CNC1CCC(CN)CC1.NCc1cccc(C(=O)N[C@@H](C(=O)O)c2ccccc2)c1. The Morgan fingerprint density at radius 2 is 1.71 bits per heavy atom. The molecular weight excluding hydrogens is 392 g/mol. The molecule has 2 aromatic rings. The van der Waals surface area contributed by atoms with E-state index in [9.17, 15) is 14.7 Å². The van der Waals surface area contributed by atoms with Crippen molar-refractivity contribution >= 4 is 11.9 Å². The van der Waals surface area contributed by atoms with E-state index in [1.807, 2.05) is 13.1 Å². The van der Waals surface area contributed by atoms with Crippen molar-refractivity contribution in [2.24, 2.45) is 17.4 Å².